The van der Waals surface area contributed by atoms with Crippen LogP contribution in [-0.2, 0) is 4.79 Å². The van der Waals surface area contributed by atoms with Crippen LogP contribution in [0.5, 0.6) is 5.75 Å². The second-order valence-electron chi connectivity index (χ2n) is 5.18. The molecule has 2 rings (SSSR count). The Hall–Kier alpha value is -2.04. The van der Waals surface area contributed by atoms with Crippen LogP contribution in [0.3, 0.4) is 0 Å². The van der Waals surface area contributed by atoms with Crippen LogP contribution in [0.4, 0.5) is 0 Å². The summed E-state index contributed by atoms with van der Waals surface area (Å²) in [7, 11) is 1.56. The molecule has 21 heavy (non-hydrogen) atoms. The fourth-order valence-electron chi connectivity index (χ4n) is 2.59. The molecule has 0 bridgehead atoms. The minimum atomic E-state index is -0.118. The van der Waals surface area contributed by atoms with Crippen LogP contribution in [0, 0.1) is 0 Å². The number of hydrogen-bond donors (Lipinski definition) is 1. The largest absolute Gasteiger partial charge is 0.496 e. The lowest BCUT2D eigenvalue weighted by Crippen LogP contribution is -2.46. The van der Waals surface area contributed by atoms with E-state index in [1.165, 1.54) is 0 Å². The first kappa shape index (κ1) is 15.4. The molecule has 1 aromatic carbocycles. The topological polar surface area (TPSA) is 58.6 Å². The molecule has 0 unspecified atom stereocenters. The van der Waals surface area contributed by atoms with Gasteiger partial charge in [0.1, 0.15) is 5.75 Å². The average Bonchev–Trinajstić information content (AvgIpc) is 2.54. The van der Waals surface area contributed by atoms with Crippen molar-refractivity contribution in [3.05, 3.63) is 29.8 Å². The number of benzene rings is 1. The van der Waals surface area contributed by atoms with E-state index in [0.717, 1.165) is 12.8 Å². The maximum absolute atomic E-state index is 12.3. The molecule has 5 nitrogen and oxygen atoms in total. The van der Waals surface area contributed by atoms with Crippen LogP contribution in [0.25, 0.3) is 0 Å². The maximum Gasteiger partial charge on any atom is 0.255 e. The molecule has 0 aliphatic carbocycles. The number of carbonyl (C=O) groups excluding carboxylic acids is 2. The zero-order valence-electron chi connectivity index (χ0n) is 12.6. The van der Waals surface area contributed by atoms with Gasteiger partial charge in [0.15, 0.2) is 0 Å². The highest BCUT2D eigenvalue weighted by atomic mass is 16.5. The zero-order valence-corrected chi connectivity index (χ0v) is 12.6. The van der Waals surface area contributed by atoms with Gasteiger partial charge < -0.3 is 15.0 Å². The summed E-state index contributed by atoms with van der Waals surface area (Å²) < 4.78 is 5.20. The number of likely N-dealkylation sites (tertiary alicyclic amines) is 1. The molecular formula is C16H22N2O3. The molecule has 1 heterocycles. The van der Waals surface area contributed by atoms with E-state index in [-0.39, 0.29) is 17.9 Å². The molecule has 1 aliphatic heterocycles. The van der Waals surface area contributed by atoms with Crippen molar-refractivity contribution in [1.82, 2.24) is 10.2 Å². The number of rotatable bonds is 4. The fourth-order valence-corrected chi connectivity index (χ4v) is 2.59. The molecule has 1 saturated heterocycles. The Bertz CT molecular complexity index is 508. The van der Waals surface area contributed by atoms with Crippen molar-refractivity contribution in [1.29, 1.82) is 0 Å². The van der Waals surface area contributed by atoms with Gasteiger partial charge in [-0.05, 0) is 25.0 Å². The zero-order chi connectivity index (χ0) is 15.2. The van der Waals surface area contributed by atoms with Gasteiger partial charge in [-0.1, -0.05) is 19.1 Å². The third-order valence-electron chi connectivity index (χ3n) is 3.84. The summed E-state index contributed by atoms with van der Waals surface area (Å²) >= 11 is 0. The summed E-state index contributed by atoms with van der Waals surface area (Å²) in [5, 5.41) is 3.03. The summed E-state index contributed by atoms with van der Waals surface area (Å²) in [5.74, 6) is 0.644. The van der Waals surface area contributed by atoms with Gasteiger partial charge in [-0.2, -0.15) is 0 Å². The lowest BCUT2D eigenvalue weighted by Gasteiger charge is -2.32. The average molecular weight is 290 g/mol. The Morgan fingerprint density at radius 2 is 1.95 bits per heavy atom. The first-order chi connectivity index (χ1) is 10.2. The fraction of sp³-hybridized carbons (Fsp3) is 0.500. The highest BCUT2D eigenvalue weighted by Gasteiger charge is 2.24. The van der Waals surface area contributed by atoms with E-state index in [2.05, 4.69) is 5.32 Å². The molecule has 0 atom stereocenters. The number of hydrogen-bond acceptors (Lipinski definition) is 3. The van der Waals surface area contributed by atoms with Crippen molar-refractivity contribution < 1.29 is 14.3 Å². The molecule has 2 amide bonds. The van der Waals surface area contributed by atoms with Crippen molar-refractivity contribution in [2.75, 3.05) is 20.2 Å². The highest BCUT2D eigenvalue weighted by Crippen LogP contribution is 2.18. The number of carbonyl (C=O) groups is 2. The Morgan fingerprint density at radius 3 is 2.57 bits per heavy atom. The van der Waals surface area contributed by atoms with E-state index in [1.54, 1.807) is 19.2 Å². The van der Waals surface area contributed by atoms with Gasteiger partial charge in [0.05, 0.1) is 12.7 Å². The minimum Gasteiger partial charge on any atom is -0.496 e. The number of ether oxygens (including phenoxy) is 1. The van der Waals surface area contributed by atoms with E-state index < -0.39 is 0 Å². The standard InChI is InChI=1S/C16H22N2O3/c1-3-15(19)18-10-8-12(9-11-18)17-16(20)13-6-4-5-7-14(13)21-2/h4-7,12H,3,8-11H2,1-2H3,(H,17,20). The van der Waals surface area contributed by atoms with E-state index >= 15 is 0 Å². The van der Waals surface area contributed by atoms with Crippen molar-refractivity contribution >= 4 is 11.8 Å². The van der Waals surface area contributed by atoms with Crippen molar-refractivity contribution in [2.45, 2.75) is 32.2 Å². The number of para-hydroxylation sites is 1. The van der Waals surface area contributed by atoms with E-state index in [4.69, 9.17) is 4.74 Å². The lowest BCUT2D eigenvalue weighted by atomic mass is 10.0. The summed E-state index contributed by atoms with van der Waals surface area (Å²) in [5.41, 5.74) is 0.548. The molecule has 0 aromatic heterocycles. The molecule has 1 aromatic rings. The molecule has 0 spiro atoms. The van der Waals surface area contributed by atoms with Gasteiger partial charge in [0.2, 0.25) is 5.91 Å². The smallest absolute Gasteiger partial charge is 0.255 e. The molecule has 0 saturated carbocycles. The predicted molar refractivity (Wildman–Crippen MR) is 80.4 cm³/mol. The van der Waals surface area contributed by atoms with Gasteiger partial charge in [-0.25, -0.2) is 0 Å². The van der Waals surface area contributed by atoms with Crippen LogP contribution in [-0.4, -0.2) is 43.0 Å². The van der Waals surface area contributed by atoms with Crippen LogP contribution < -0.4 is 10.1 Å². The number of nitrogens with one attached hydrogen (secondary N) is 1. The summed E-state index contributed by atoms with van der Waals surface area (Å²) in [4.78, 5) is 25.8. The number of nitrogens with zero attached hydrogens (tertiary/aromatic N) is 1. The predicted octanol–water partition coefficient (Wildman–Crippen LogP) is 1.83. The highest BCUT2D eigenvalue weighted by molar-refractivity contribution is 5.97. The molecule has 0 radical (unpaired) electrons. The molecule has 1 N–H and O–H groups in total. The third-order valence-corrected chi connectivity index (χ3v) is 3.84. The first-order valence-electron chi connectivity index (χ1n) is 7.37. The monoisotopic (exact) mass is 290 g/mol. The van der Waals surface area contributed by atoms with E-state index in [1.807, 2.05) is 24.0 Å². The summed E-state index contributed by atoms with van der Waals surface area (Å²) in [6, 6.07) is 7.30. The molecular weight excluding hydrogens is 268 g/mol. The Morgan fingerprint density at radius 1 is 1.29 bits per heavy atom. The van der Waals surface area contributed by atoms with Crippen molar-refractivity contribution in [3.8, 4) is 5.75 Å². The van der Waals surface area contributed by atoms with Crippen molar-refractivity contribution in [3.63, 3.8) is 0 Å². The van der Waals surface area contributed by atoms with Gasteiger partial charge >= 0.3 is 0 Å². The Balaban J connectivity index is 1.91. The van der Waals surface area contributed by atoms with E-state index in [9.17, 15) is 9.59 Å². The van der Waals surface area contributed by atoms with Gasteiger partial charge in [-0.3, -0.25) is 9.59 Å². The van der Waals surface area contributed by atoms with E-state index in [0.29, 0.717) is 30.8 Å². The number of piperidine rings is 1. The van der Waals surface area contributed by atoms with Crippen LogP contribution >= 0.6 is 0 Å². The molecule has 1 aliphatic rings. The van der Waals surface area contributed by atoms with Crippen LogP contribution in [0.2, 0.25) is 0 Å². The second-order valence-corrected chi connectivity index (χ2v) is 5.18. The third kappa shape index (κ3) is 3.74. The summed E-state index contributed by atoms with van der Waals surface area (Å²) in [6.45, 7) is 3.30. The Labute approximate surface area is 125 Å². The first-order valence-corrected chi connectivity index (χ1v) is 7.37. The minimum absolute atomic E-state index is 0.114. The number of amides is 2. The SMILES string of the molecule is CCC(=O)N1CCC(NC(=O)c2ccccc2OC)CC1. The molecule has 114 valence electrons. The van der Waals surface area contributed by atoms with Crippen molar-refractivity contribution in [2.24, 2.45) is 0 Å². The second kappa shape index (κ2) is 7.11. The van der Waals surface area contributed by atoms with Gasteiger partial charge in [0, 0.05) is 25.6 Å². The quantitative estimate of drug-likeness (QED) is 0.920. The van der Waals surface area contributed by atoms with Gasteiger partial charge in [0.25, 0.3) is 5.91 Å². The Kier molecular flexibility index (Phi) is 5.20. The summed E-state index contributed by atoms with van der Waals surface area (Å²) in [6.07, 6.45) is 2.14. The van der Waals surface area contributed by atoms with Gasteiger partial charge in [-0.15, -0.1) is 0 Å². The van der Waals surface area contributed by atoms with Crippen LogP contribution in [0.15, 0.2) is 24.3 Å². The maximum atomic E-state index is 12.3. The molecule has 1 fully saturated rings. The molecule has 5 heteroatoms. The normalized spacial score (nSPS) is 15.6. The lowest BCUT2D eigenvalue weighted by molar-refractivity contribution is -0.131. The van der Waals surface area contributed by atoms with Crippen LogP contribution in [0.1, 0.15) is 36.5 Å². The number of methoxy groups -OCH3 is 1.